The molecule has 0 spiro atoms. The molecule has 0 atom stereocenters. The molecule has 3 heteroatoms. The molecule has 0 unspecified atom stereocenters. The molecule has 0 N–H and O–H groups in total. The van der Waals surface area contributed by atoms with E-state index in [9.17, 15) is 5.53 Å². The molecule has 0 aromatic heterocycles. The maximum atomic E-state index is 11.8. The minimum Gasteiger partial charge on any atom is -0.493 e. The summed E-state index contributed by atoms with van der Waals surface area (Å²) in [6.45, 7) is 6.90. The average Bonchev–Trinajstić information content (AvgIpc) is 3.85. The van der Waals surface area contributed by atoms with Gasteiger partial charge in [-0.1, -0.05) is 360 Å². The Kier molecular flexibility index (Phi) is 56.6. The quantitative estimate of drug-likeness (QED) is 0.0273. The number of hydrogen-bond donors (Lipinski definition) is 0. The largest absolute Gasteiger partial charge is 2.00 e. The Hall–Kier alpha value is -1.82. The normalized spacial score (nSPS) is 12.2. The van der Waals surface area contributed by atoms with Gasteiger partial charge in [0.05, 0.1) is 0 Å². The van der Waals surface area contributed by atoms with Crippen LogP contribution >= 0.6 is 0 Å². The summed E-state index contributed by atoms with van der Waals surface area (Å²) >= 11 is 0. The Labute approximate surface area is 510 Å². The molecule has 0 saturated heterocycles. The molecular weight excluding hydrogens is 1050 g/mol. The van der Waals surface area contributed by atoms with Gasteiger partial charge in [-0.3, -0.25) is 0 Å². The van der Waals surface area contributed by atoms with E-state index in [-0.39, 0.29) is 35.3 Å². The molecule has 2 aromatic rings. The van der Waals surface area contributed by atoms with Gasteiger partial charge in [-0.15, -0.1) is 0 Å². The molecule has 0 aliphatic carbocycles. The van der Waals surface area contributed by atoms with Crippen LogP contribution in [0.15, 0.2) is 60.2 Å². The number of aryl methyl sites for hydroxylation is 2. The van der Waals surface area contributed by atoms with Crippen LogP contribution in [0.25, 0.3) is 16.9 Å². The van der Waals surface area contributed by atoms with Crippen molar-refractivity contribution in [3.63, 3.8) is 0 Å². The van der Waals surface area contributed by atoms with Crippen molar-refractivity contribution in [1.82, 2.24) is 0 Å². The first kappa shape index (κ1) is 77.2. The second-order valence-electron chi connectivity index (χ2n) is 24.7. The molecular formula is C76H134N2Pd. The number of rotatable bonds is 57. The Bertz CT molecular complexity index is 1650. The summed E-state index contributed by atoms with van der Waals surface area (Å²) in [7, 11) is 0. The third kappa shape index (κ3) is 41.8. The molecule has 2 aromatic carbocycles. The summed E-state index contributed by atoms with van der Waals surface area (Å²) in [5.74, 6) is 0. The Balaban J connectivity index is 0.0000203. The van der Waals surface area contributed by atoms with E-state index < -0.39 is 0 Å². The van der Waals surface area contributed by atoms with Crippen molar-refractivity contribution in [3.8, 4) is 0 Å². The summed E-state index contributed by atoms with van der Waals surface area (Å²) in [5.41, 5.74) is 20.0. The van der Waals surface area contributed by atoms with Crippen molar-refractivity contribution >= 4 is 11.4 Å². The van der Waals surface area contributed by atoms with Gasteiger partial charge in [0.1, 0.15) is 0 Å². The molecule has 0 bridgehead atoms. The predicted octanol–water partition coefficient (Wildman–Crippen LogP) is 27.2. The number of unbranched alkanes of at least 4 members (excludes halogenated alkanes) is 49. The Morgan fingerprint density at radius 3 is 0.722 bits per heavy atom. The summed E-state index contributed by atoms with van der Waals surface area (Å²) in [4.78, 5) is 0. The van der Waals surface area contributed by atoms with Gasteiger partial charge in [-0.2, -0.15) is 0 Å². The number of nitrogens with zero attached hydrogens (tertiary/aromatic N) is 2. The fourth-order valence-corrected chi connectivity index (χ4v) is 12.3. The van der Waals surface area contributed by atoms with Crippen molar-refractivity contribution in [2.75, 3.05) is 0 Å². The first-order chi connectivity index (χ1) is 37.7. The fraction of sp³-hybridized carbons (Fsp3) is 0.763. The second kappa shape index (κ2) is 58.0. The standard InChI is InChI=1S/C74H128N2.2CH3.Pd/c1-4-7-10-13-15-17-19-21-23-25-27-29-31-33-35-37-39-41-43-45-47-49-51-53-56-68-59-63-70(64-60-68)73-67-72(58-55-12-9-6-3)74(76(73)75)71-65-61-69(62-66-71)57-54-52-50-48-46-44-42-40-38-36-34-32-30-28-26-24-22-20-18-16-14-11-8-5-2;;;/h59-67H,4-58H2,1-3H3;2*1H3;/q;2*-1;+2. The second-order valence-corrected chi connectivity index (χ2v) is 24.7. The van der Waals surface area contributed by atoms with Crippen LogP contribution in [-0.4, -0.2) is 4.70 Å². The minimum atomic E-state index is 0. The van der Waals surface area contributed by atoms with Gasteiger partial charge in [-0.25, -0.2) is 4.70 Å². The molecule has 1 aliphatic heterocycles. The van der Waals surface area contributed by atoms with Gasteiger partial charge >= 0.3 is 20.4 Å². The van der Waals surface area contributed by atoms with E-state index in [4.69, 9.17) is 0 Å². The number of hydrogen-bond acceptors (Lipinski definition) is 0. The van der Waals surface area contributed by atoms with Crippen LogP contribution in [0, 0.1) is 14.9 Å². The molecule has 1 heterocycles. The van der Waals surface area contributed by atoms with E-state index in [0.29, 0.717) is 0 Å². The van der Waals surface area contributed by atoms with Gasteiger partial charge in [0.2, 0.25) is 11.4 Å². The first-order valence-corrected chi connectivity index (χ1v) is 34.8. The van der Waals surface area contributed by atoms with Crippen molar-refractivity contribution in [2.24, 2.45) is 0 Å². The molecule has 0 saturated carbocycles. The van der Waals surface area contributed by atoms with Gasteiger partial charge in [0, 0.05) is 22.8 Å². The van der Waals surface area contributed by atoms with Crippen molar-refractivity contribution in [2.45, 2.75) is 374 Å². The van der Waals surface area contributed by atoms with E-state index in [1.165, 1.54) is 355 Å². The van der Waals surface area contributed by atoms with Crippen LogP contribution in [0.5, 0.6) is 0 Å². The van der Waals surface area contributed by atoms with Gasteiger partial charge < -0.3 is 20.4 Å². The van der Waals surface area contributed by atoms with Crippen LogP contribution in [0.2, 0.25) is 0 Å². The fourth-order valence-electron chi connectivity index (χ4n) is 12.3. The zero-order chi connectivity index (χ0) is 53.9. The Morgan fingerprint density at radius 1 is 0.266 bits per heavy atom. The molecule has 3 rings (SSSR count). The van der Waals surface area contributed by atoms with Crippen LogP contribution in [0.3, 0.4) is 0 Å². The van der Waals surface area contributed by atoms with Crippen LogP contribution in [0.1, 0.15) is 383 Å². The zero-order valence-corrected chi connectivity index (χ0v) is 55.4. The summed E-state index contributed by atoms with van der Waals surface area (Å²) in [6, 6.07) is 18.3. The molecule has 458 valence electrons. The van der Waals surface area contributed by atoms with E-state index in [1.54, 1.807) is 0 Å². The Morgan fingerprint density at radius 2 is 0.468 bits per heavy atom. The SMILES string of the molecule is CCCCCCCCCCCCCCCCCCCCCCCCCCc1ccc(C2=CC(CCCCCC)=C(c3ccc(CCCCCCCCCCCCCCCCCCCCCCCCCC)cc3)[N+]2=[N-])cc1.[CH3-].[CH3-].[Pd+2]. The van der Waals surface area contributed by atoms with Crippen molar-refractivity contribution < 1.29 is 25.1 Å². The maximum absolute atomic E-state index is 11.8. The molecule has 0 radical (unpaired) electrons. The molecule has 0 fully saturated rings. The smallest absolute Gasteiger partial charge is 0.493 e. The molecule has 2 nitrogen and oxygen atoms in total. The average molecular weight is 1180 g/mol. The van der Waals surface area contributed by atoms with E-state index >= 15 is 0 Å². The topological polar surface area (TPSA) is 25.3 Å². The minimum absolute atomic E-state index is 0. The van der Waals surface area contributed by atoms with Gasteiger partial charge in [0.25, 0.3) is 0 Å². The molecule has 79 heavy (non-hydrogen) atoms. The third-order valence-electron chi connectivity index (χ3n) is 17.5. The van der Waals surface area contributed by atoms with Crippen LogP contribution in [0.4, 0.5) is 0 Å². The molecule has 0 amide bonds. The van der Waals surface area contributed by atoms with E-state index in [0.717, 1.165) is 41.8 Å². The van der Waals surface area contributed by atoms with Crippen molar-refractivity contribution in [1.29, 1.82) is 0 Å². The van der Waals surface area contributed by atoms with Crippen LogP contribution < -0.4 is 0 Å². The predicted molar refractivity (Wildman–Crippen MR) is 353 cm³/mol. The van der Waals surface area contributed by atoms with Crippen LogP contribution in [-0.2, 0) is 33.3 Å². The number of benzene rings is 2. The number of allylic oxidation sites excluding steroid dienone is 2. The molecule has 1 aliphatic rings. The van der Waals surface area contributed by atoms with Crippen molar-refractivity contribution in [3.05, 3.63) is 103 Å². The summed E-state index contributed by atoms with van der Waals surface area (Å²) < 4.78 is 1.50. The van der Waals surface area contributed by atoms with E-state index in [1.807, 2.05) is 0 Å². The third-order valence-corrected chi connectivity index (χ3v) is 17.5. The zero-order valence-electron chi connectivity index (χ0n) is 53.8. The maximum Gasteiger partial charge on any atom is 2.00 e. The summed E-state index contributed by atoms with van der Waals surface area (Å²) in [5, 5.41) is 0. The first-order valence-electron chi connectivity index (χ1n) is 34.8. The van der Waals surface area contributed by atoms with E-state index in [2.05, 4.69) is 75.4 Å². The summed E-state index contributed by atoms with van der Waals surface area (Å²) in [6.07, 6.45) is 79.4. The van der Waals surface area contributed by atoms with Gasteiger partial charge in [-0.05, 0) is 73.9 Å². The van der Waals surface area contributed by atoms with Gasteiger partial charge in [0.15, 0.2) is 0 Å². The monoisotopic (exact) mass is 1180 g/mol.